The number of piperidine rings is 1. The highest BCUT2D eigenvalue weighted by atomic mass is 19.1. The zero-order valence-electron chi connectivity index (χ0n) is 13.4. The molecule has 0 radical (unpaired) electrons. The number of amides is 1. The molecule has 3 N–H and O–H groups in total. The summed E-state index contributed by atoms with van der Waals surface area (Å²) in [7, 11) is 0. The molecule has 1 aromatic carbocycles. The molecule has 2 atom stereocenters. The monoisotopic (exact) mass is 307 g/mol. The van der Waals surface area contributed by atoms with Gasteiger partial charge in [-0.15, -0.1) is 0 Å². The summed E-state index contributed by atoms with van der Waals surface area (Å²) in [5, 5.41) is 3.05. The van der Waals surface area contributed by atoms with Crippen LogP contribution in [0.1, 0.15) is 38.2 Å². The summed E-state index contributed by atoms with van der Waals surface area (Å²) in [5.41, 5.74) is 7.83. The first-order chi connectivity index (χ1) is 10.5. The Morgan fingerprint density at radius 2 is 2.32 bits per heavy atom. The minimum absolute atomic E-state index is 0.0653. The molecule has 1 heterocycles. The second-order valence-corrected chi connectivity index (χ2v) is 6.12. The van der Waals surface area contributed by atoms with Crippen molar-refractivity contribution >= 4 is 11.6 Å². The van der Waals surface area contributed by atoms with Crippen LogP contribution in [-0.2, 0) is 4.79 Å². The number of hydrogen-bond acceptors (Lipinski definition) is 3. The molecule has 1 aliphatic rings. The maximum Gasteiger partial charge on any atom is 0.237 e. The Kier molecular flexibility index (Phi) is 5.77. The highest BCUT2D eigenvalue weighted by Gasteiger charge is 2.24. The van der Waals surface area contributed by atoms with E-state index in [9.17, 15) is 9.18 Å². The van der Waals surface area contributed by atoms with E-state index in [-0.39, 0.29) is 17.8 Å². The van der Waals surface area contributed by atoms with Gasteiger partial charge in [-0.3, -0.25) is 4.79 Å². The van der Waals surface area contributed by atoms with Crippen molar-refractivity contribution in [3.05, 3.63) is 29.6 Å². The van der Waals surface area contributed by atoms with E-state index in [2.05, 4.69) is 10.2 Å². The van der Waals surface area contributed by atoms with Crippen LogP contribution in [0.5, 0.6) is 0 Å². The van der Waals surface area contributed by atoms with Crippen molar-refractivity contribution in [2.24, 2.45) is 5.73 Å². The van der Waals surface area contributed by atoms with Gasteiger partial charge in [-0.1, -0.05) is 13.3 Å². The summed E-state index contributed by atoms with van der Waals surface area (Å²) >= 11 is 0. The number of nitrogens with two attached hydrogens (primary N) is 1. The van der Waals surface area contributed by atoms with Crippen LogP contribution in [0.3, 0.4) is 0 Å². The number of nitrogens with one attached hydrogen (secondary N) is 1. The Morgan fingerprint density at radius 3 is 3.00 bits per heavy atom. The zero-order chi connectivity index (χ0) is 16.1. The van der Waals surface area contributed by atoms with Crippen LogP contribution < -0.4 is 16.0 Å². The van der Waals surface area contributed by atoms with Gasteiger partial charge in [0.25, 0.3) is 0 Å². The van der Waals surface area contributed by atoms with E-state index < -0.39 is 6.04 Å². The van der Waals surface area contributed by atoms with E-state index in [4.69, 9.17) is 5.73 Å². The minimum atomic E-state index is -0.423. The Balaban J connectivity index is 1.98. The van der Waals surface area contributed by atoms with Crippen molar-refractivity contribution < 1.29 is 9.18 Å². The van der Waals surface area contributed by atoms with Crippen LogP contribution in [0.25, 0.3) is 0 Å². The largest absolute Gasteiger partial charge is 0.369 e. The van der Waals surface area contributed by atoms with Gasteiger partial charge in [0.15, 0.2) is 0 Å². The average Bonchev–Trinajstić information content (AvgIpc) is 2.47. The standard InChI is InChI=1S/C17H26FN3O/c1-3-5-15(19)17(22)20-14-6-4-9-21(11-14)16-8-7-13(18)10-12(16)2/h7-8,10,14-15H,3-6,9,11,19H2,1-2H3,(H,20,22). The fourth-order valence-corrected chi connectivity index (χ4v) is 3.04. The second kappa shape index (κ2) is 7.58. The summed E-state index contributed by atoms with van der Waals surface area (Å²) < 4.78 is 13.2. The van der Waals surface area contributed by atoms with Gasteiger partial charge in [-0.2, -0.15) is 0 Å². The third kappa shape index (κ3) is 4.19. The smallest absolute Gasteiger partial charge is 0.237 e. The van der Waals surface area contributed by atoms with E-state index >= 15 is 0 Å². The Morgan fingerprint density at radius 1 is 1.55 bits per heavy atom. The lowest BCUT2D eigenvalue weighted by atomic mass is 10.0. The fraction of sp³-hybridized carbons (Fsp3) is 0.588. The first kappa shape index (κ1) is 16.7. The first-order valence-corrected chi connectivity index (χ1v) is 8.08. The summed E-state index contributed by atoms with van der Waals surface area (Å²) in [6, 6.07) is 4.54. The predicted molar refractivity (Wildman–Crippen MR) is 87.4 cm³/mol. The van der Waals surface area contributed by atoms with Crippen molar-refractivity contribution in [3.8, 4) is 0 Å². The van der Waals surface area contributed by atoms with Gasteiger partial charge in [-0.25, -0.2) is 4.39 Å². The van der Waals surface area contributed by atoms with Crippen LogP contribution in [-0.4, -0.2) is 31.1 Å². The lowest BCUT2D eigenvalue weighted by Gasteiger charge is -2.36. The average molecular weight is 307 g/mol. The van der Waals surface area contributed by atoms with Crippen molar-refractivity contribution in [2.45, 2.75) is 51.6 Å². The van der Waals surface area contributed by atoms with Gasteiger partial charge in [0.1, 0.15) is 5.82 Å². The molecule has 1 aliphatic heterocycles. The number of hydrogen-bond donors (Lipinski definition) is 2. The van der Waals surface area contributed by atoms with Crippen molar-refractivity contribution in [3.63, 3.8) is 0 Å². The predicted octanol–water partition coefficient (Wildman–Crippen LogP) is 2.35. The van der Waals surface area contributed by atoms with Gasteiger partial charge in [-0.05, 0) is 49.9 Å². The molecule has 1 fully saturated rings. The van der Waals surface area contributed by atoms with Gasteiger partial charge < -0.3 is 16.0 Å². The molecule has 1 amide bonds. The van der Waals surface area contributed by atoms with E-state index in [1.54, 1.807) is 6.07 Å². The van der Waals surface area contributed by atoms with E-state index in [0.717, 1.165) is 43.6 Å². The summed E-state index contributed by atoms with van der Waals surface area (Å²) in [6.07, 6.45) is 3.57. The number of anilines is 1. The second-order valence-electron chi connectivity index (χ2n) is 6.12. The maximum atomic E-state index is 13.2. The topological polar surface area (TPSA) is 58.4 Å². The van der Waals surface area contributed by atoms with Crippen LogP contribution in [0, 0.1) is 12.7 Å². The molecule has 22 heavy (non-hydrogen) atoms. The number of benzene rings is 1. The zero-order valence-corrected chi connectivity index (χ0v) is 13.4. The van der Waals surface area contributed by atoms with Crippen LogP contribution in [0.2, 0.25) is 0 Å². The Hall–Kier alpha value is -1.62. The number of rotatable bonds is 5. The van der Waals surface area contributed by atoms with Gasteiger partial charge in [0.2, 0.25) is 5.91 Å². The SMILES string of the molecule is CCCC(N)C(=O)NC1CCCN(c2ccc(F)cc2C)C1. The molecule has 4 nitrogen and oxygen atoms in total. The molecule has 0 bridgehead atoms. The van der Waals surface area contributed by atoms with E-state index in [1.165, 1.54) is 6.07 Å². The summed E-state index contributed by atoms with van der Waals surface area (Å²) in [6.45, 7) is 5.61. The van der Waals surface area contributed by atoms with Crippen LogP contribution in [0.15, 0.2) is 18.2 Å². The molecular formula is C17H26FN3O. The van der Waals surface area contributed by atoms with Gasteiger partial charge in [0, 0.05) is 24.8 Å². The van der Waals surface area contributed by atoms with Gasteiger partial charge in [0.05, 0.1) is 6.04 Å². The highest BCUT2D eigenvalue weighted by molar-refractivity contribution is 5.81. The molecule has 0 aliphatic carbocycles. The maximum absolute atomic E-state index is 13.2. The molecule has 1 aromatic rings. The molecule has 2 rings (SSSR count). The molecule has 1 saturated heterocycles. The minimum Gasteiger partial charge on any atom is -0.369 e. The molecule has 0 spiro atoms. The fourth-order valence-electron chi connectivity index (χ4n) is 3.04. The molecule has 122 valence electrons. The highest BCUT2D eigenvalue weighted by Crippen LogP contribution is 2.24. The van der Waals surface area contributed by atoms with Gasteiger partial charge >= 0.3 is 0 Å². The molecule has 0 aromatic heterocycles. The number of nitrogens with zero attached hydrogens (tertiary/aromatic N) is 1. The third-order valence-electron chi connectivity index (χ3n) is 4.20. The Bertz CT molecular complexity index is 521. The number of aryl methyl sites for hydroxylation is 1. The van der Waals surface area contributed by atoms with E-state index in [1.807, 2.05) is 19.9 Å². The molecule has 2 unspecified atom stereocenters. The number of halogens is 1. The summed E-state index contributed by atoms with van der Waals surface area (Å²) in [5.74, 6) is -0.279. The lowest BCUT2D eigenvalue weighted by Crippen LogP contribution is -2.52. The Labute approximate surface area is 131 Å². The van der Waals surface area contributed by atoms with Crippen LogP contribution >= 0.6 is 0 Å². The van der Waals surface area contributed by atoms with Crippen molar-refractivity contribution in [1.29, 1.82) is 0 Å². The first-order valence-electron chi connectivity index (χ1n) is 8.08. The lowest BCUT2D eigenvalue weighted by molar-refractivity contribution is -0.123. The normalized spacial score (nSPS) is 19.8. The third-order valence-corrected chi connectivity index (χ3v) is 4.20. The van der Waals surface area contributed by atoms with Crippen molar-refractivity contribution in [2.75, 3.05) is 18.0 Å². The number of carbonyl (C=O) groups excluding carboxylic acids is 1. The molecular weight excluding hydrogens is 281 g/mol. The molecule has 5 heteroatoms. The van der Waals surface area contributed by atoms with Crippen LogP contribution in [0.4, 0.5) is 10.1 Å². The molecule has 0 saturated carbocycles. The quantitative estimate of drug-likeness (QED) is 0.878. The summed E-state index contributed by atoms with van der Waals surface area (Å²) in [4.78, 5) is 14.3. The van der Waals surface area contributed by atoms with Crippen molar-refractivity contribution in [1.82, 2.24) is 5.32 Å². The number of carbonyl (C=O) groups is 1. The van der Waals surface area contributed by atoms with E-state index in [0.29, 0.717) is 6.42 Å².